The molecule has 0 heterocycles. The largest absolute Gasteiger partial charge is 0.390 e. The minimum atomic E-state index is -0.525. The maximum absolute atomic E-state index is 10.4. The Kier molecular flexibility index (Phi) is 5.07. The van der Waals surface area contributed by atoms with Gasteiger partial charge >= 0.3 is 0 Å². The zero-order valence-electron chi connectivity index (χ0n) is 12.6. The highest BCUT2D eigenvalue weighted by Gasteiger charge is 2.30. The van der Waals surface area contributed by atoms with Gasteiger partial charge in [-0.05, 0) is 42.9 Å². The maximum atomic E-state index is 10.4. The summed E-state index contributed by atoms with van der Waals surface area (Å²) in [6.45, 7) is 17.6. The zero-order valence-corrected chi connectivity index (χ0v) is 12.6. The average molecular weight is 228 g/mol. The van der Waals surface area contributed by atoms with E-state index in [2.05, 4.69) is 48.5 Å². The molecule has 0 spiro atoms. The average Bonchev–Trinajstić information content (AvgIpc) is 1.70. The standard InChI is InChI=1S/C15H32O/c1-12(9-13(2,3)4)10-15(8,16)11-14(5,6)7/h12,16H,9-11H2,1-8H3. The minimum absolute atomic E-state index is 0.199. The Labute approximate surface area is 103 Å². The summed E-state index contributed by atoms with van der Waals surface area (Å²) in [7, 11) is 0. The fraction of sp³-hybridized carbons (Fsp3) is 1.00. The van der Waals surface area contributed by atoms with E-state index in [1.165, 1.54) is 6.42 Å². The van der Waals surface area contributed by atoms with Crippen LogP contribution in [0.2, 0.25) is 0 Å². The van der Waals surface area contributed by atoms with Crippen molar-refractivity contribution in [1.29, 1.82) is 0 Å². The van der Waals surface area contributed by atoms with Gasteiger partial charge in [-0.25, -0.2) is 0 Å². The quantitative estimate of drug-likeness (QED) is 0.743. The molecule has 0 saturated carbocycles. The van der Waals surface area contributed by atoms with Gasteiger partial charge in [-0.1, -0.05) is 48.5 Å². The van der Waals surface area contributed by atoms with Crippen molar-refractivity contribution in [3.63, 3.8) is 0 Å². The molecule has 0 aromatic heterocycles. The fourth-order valence-electron chi connectivity index (χ4n) is 3.08. The normalized spacial score (nSPS) is 19.3. The van der Waals surface area contributed by atoms with Crippen molar-refractivity contribution in [1.82, 2.24) is 0 Å². The van der Waals surface area contributed by atoms with Crippen molar-refractivity contribution in [3.05, 3.63) is 0 Å². The highest BCUT2D eigenvalue weighted by Crippen LogP contribution is 2.34. The molecule has 0 fully saturated rings. The highest BCUT2D eigenvalue weighted by atomic mass is 16.3. The van der Waals surface area contributed by atoms with Gasteiger partial charge < -0.3 is 5.11 Å². The Morgan fingerprint density at radius 3 is 1.56 bits per heavy atom. The SMILES string of the molecule is CC(CC(C)(C)C)CC(C)(O)CC(C)(C)C. The van der Waals surface area contributed by atoms with Crippen LogP contribution in [0.15, 0.2) is 0 Å². The van der Waals surface area contributed by atoms with E-state index < -0.39 is 5.60 Å². The van der Waals surface area contributed by atoms with Crippen LogP contribution in [0.1, 0.15) is 74.7 Å². The molecule has 0 aromatic carbocycles. The van der Waals surface area contributed by atoms with Gasteiger partial charge in [0.15, 0.2) is 0 Å². The third-order valence-electron chi connectivity index (χ3n) is 2.66. The molecule has 0 aliphatic heterocycles. The summed E-state index contributed by atoms with van der Waals surface area (Å²) < 4.78 is 0. The Morgan fingerprint density at radius 2 is 1.25 bits per heavy atom. The molecule has 0 radical (unpaired) electrons. The van der Waals surface area contributed by atoms with Crippen LogP contribution in [0.25, 0.3) is 0 Å². The molecule has 0 aliphatic rings. The lowest BCUT2D eigenvalue weighted by molar-refractivity contribution is -0.00480. The number of aliphatic hydroxyl groups is 1. The predicted octanol–water partition coefficient (Wildman–Crippen LogP) is 4.64. The van der Waals surface area contributed by atoms with Crippen molar-refractivity contribution < 1.29 is 5.11 Å². The van der Waals surface area contributed by atoms with E-state index >= 15 is 0 Å². The molecule has 0 aliphatic carbocycles. The number of hydrogen-bond donors (Lipinski definition) is 1. The maximum Gasteiger partial charge on any atom is 0.0627 e. The molecule has 1 nitrogen and oxygen atoms in total. The first-order valence-electron chi connectivity index (χ1n) is 6.53. The summed E-state index contributed by atoms with van der Waals surface area (Å²) >= 11 is 0. The minimum Gasteiger partial charge on any atom is -0.390 e. The van der Waals surface area contributed by atoms with Crippen molar-refractivity contribution in [2.75, 3.05) is 0 Å². The van der Waals surface area contributed by atoms with Gasteiger partial charge in [-0.2, -0.15) is 0 Å². The molecule has 2 atom stereocenters. The first-order valence-corrected chi connectivity index (χ1v) is 6.53. The molecule has 0 bridgehead atoms. The van der Waals surface area contributed by atoms with E-state index in [4.69, 9.17) is 0 Å². The van der Waals surface area contributed by atoms with Crippen molar-refractivity contribution >= 4 is 0 Å². The summed E-state index contributed by atoms with van der Waals surface area (Å²) in [6.07, 6.45) is 2.95. The Bertz CT molecular complexity index is 202. The van der Waals surface area contributed by atoms with E-state index in [-0.39, 0.29) is 5.41 Å². The molecule has 0 saturated heterocycles. The van der Waals surface area contributed by atoms with E-state index in [1.54, 1.807) is 0 Å². The monoisotopic (exact) mass is 228 g/mol. The molecule has 0 amide bonds. The van der Waals surface area contributed by atoms with E-state index in [1.807, 2.05) is 6.92 Å². The number of rotatable bonds is 4. The topological polar surface area (TPSA) is 20.2 Å². The van der Waals surface area contributed by atoms with E-state index in [0.717, 1.165) is 12.8 Å². The molecular weight excluding hydrogens is 196 g/mol. The van der Waals surface area contributed by atoms with Crippen LogP contribution in [0, 0.1) is 16.7 Å². The lowest BCUT2D eigenvalue weighted by Crippen LogP contribution is -2.33. The smallest absolute Gasteiger partial charge is 0.0627 e. The molecule has 98 valence electrons. The predicted molar refractivity (Wildman–Crippen MR) is 72.5 cm³/mol. The Balaban J connectivity index is 4.26. The second-order valence-corrected chi connectivity index (χ2v) is 8.31. The van der Waals surface area contributed by atoms with Gasteiger partial charge in [0.25, 0.3) is 0 Å². The first kappa shape index (κ1) is 16.0. The fourth-order valence-corrected chi connectivity index (χ4v) is 3.08. The van der Waals surface area contributed by atoms with Gasteiger partial charge in [-0.15, -0.1) is 0 Å². The van der Waals surface area contributed by atoms with Gasteiger partial charge in [0, 0.05) is 0 Å². The zero-order chi connectivity index (χ0) is 13.2. The summed E-state index contributed by atoms with van der Waals surface area (Å²) in [5, 5.41) is 10.4. The Morgan fingerprint density at radius 1 is 0.812 bits per heavy atom. The molecule has 1 heteroatoms. The number of hydrogen-bond acceptors (Lipinski definition) is 1. The molecule has 1 N–H and O–H groups in total. The second-order valence-electron chi connectivity index (χ2n) is 8.31. The highest BCUT2D eigenvalue weighted by molar-refractivity contribution is 4.82. The van der Waals surface area contributed by atoms with E-state index in [9.17, 15) is 5.11 Å². The molecular formula is C15H32O. The van der Waals surface area contributed by atoms with Crippen LogP contribution in [0.4, 0.5) is 0 Å². The van der Waals surface area contributed by atoms with Gasteiger partial charge in [0.2, 0.25) is 0 Å². The summed E-state index contributed by atoms with van der Waals surface area (Å²) in [6, 6.07) is 0. The van der Waals surface area contributed by atoms with Crippen LogP contribution in [0.5, 0.6) is 0 Å². The van der Waals surface area contributed by atoms with Crippen LogP contribution in [-0.4, -0.2) is 10.7 Å². The van der Waals surface area contributed by atoms with Crippen molar-refractivity contribution in [3.8, 4) is 0 Å². The third kappa shape index (κ3) is 9.21. The lowest BCUT2D eigenvalue weighted by Gasteiger charge is -2.34. The first-order chi connectivity index (χ1) is 6.81. The molecule has 2 unspecified atom stereocenters. The van der Waals surface area contributed by atoms with Gasteiger partial charge in [0.1, 0.15) is 0 Å². The van der Waals surface area contributed by atoms with Crippen LogP contribution in [-0.2, 0) is 0 Å². The van der Waals surface area contributed by atoms with Crippen LogP contribution in [0.3, 0.4) is 0 Å². The summed E-state index contributed by atoms with van der Waals surface area (Å²) in [4.78, 5) is 0. The van der Waals surface area contributed by atoms with Crippen molar-refractivity contribution in [2.24, 2.45) is 16.7 Å². The molecule has 0 rings (SSSR count). The van der Waals surface area contributed by atoms with Crippen molar-refractivity contribution in [2.45, 2.75) is 80.3 Å². The van der Waals surface area contributed by atoms with Gasteiger partial charge in [-0.3, -0.25) is 0 Å². The lowest BCUT2D eigenvalue weighted by atomic mass is 9.75. The molecule has 16 heavy (non-hydrogen) atoms. The van der Waals surface area contributed by atoms with Crippen LogP contribution < -0.4 is 0 Å². The van der Waals surface area contributed by atoms with Crippen LogP contribution >= 0.6 is 0 Å². The second kappa shape index (κ2) is 5.08. The molecule has 0 aromatic rings. The van der Waals surface area contributed by atoms with Gasteiger partial charge in [0.05, 0.1) is 5.60 Å². The summed E-state index contributed by atoms with van der Waals surface area (Å²) in [5.74, 6) is 0.581. The Hall–Kier alpha value is -0.0400. The third-order valence-corrected chi connectivity index (χ3v) is 2.66. The van der Waals surface area contributed by atoms with E-state index in [0.29, 0.717) is 11.3 Å². The summed E-state index contributed by atoms with van der Waals surface area (Å²) in [5.41, 5.74) is 0.0328.